The highest BCUT2D eigenvalue weighted by molar-refractivity contribution is 6.09. The minimum absolute atomic E-state index is 0.146. The molecule has 0 aliphatic rings. The van der Waals surface area contributed by atoms with E-state index in [2.05, 4.69) is 5.32 Å². The van der Waals surface area contributed by atoms with Gasteiger partial charge >= 0.3 is 11.9 Å². The Morgan fingerprint density at radius 1 is 0.828 bits per heavy atom. The molecule has 152 valence electrons. The normalized spacial score (nSPS) is 10.1. The van der Waals surface area contributed by atoms with E-state index in [1.54, 1.807) is 43.3 Å². The van der Waals surface area contributed by atoms with Crippen LogP contribution in [0.5, 0.6) is 0 Å². The molecule has 7 heteroatoms. The summed E-state index contributed by atoms with van der Waals surface area (Å²) in [6.07, 6.45) is 0.650. The van der Waals surface area contributed by atoms with Gasteiger partial charge in [0.15, 0.2) is 12.4 Å². The molecule has 0 fully saturated rings. The first-order valence-corrected chi connectivity index (χ1v) is 9.30. The molecule has 2 rings (SSSR count). The van der Waals surface area contributed by atoms with Gasteiger partial charge in [-0.05, 0) is 25.5 Å². The zero-order valence-electron chi connectivity index (χ0n) is 16.2. The van der Waals surface area contributed by atoms with E-state index in [0.717, 1.165) is 0 Å². The van der Waals surface area contributed by atoms with Crippen LogP contribution in [0.4, 0.5) is 0 Å². The second-order valence-corrected chi connectivity index (χ2v) is 6.11. The topological polar surface area (TPSA) is 98.8 Å². The fourth-order valence-corrected chi connectivity index (χ4v) is 2.47. The lowest BCUT2D eigenvalue weighted by molar-refractivity contribution is -0.143. The largest absolute Gasteiger partial charge is 0.466 e. The number of nitrogens with one attached hydrogen (secondary N) is 1. The molecule has 0 heterocycles. The number of ether oxygens (including phenoxy) is 2. The molecule has 2 aromatic carbocycles. The van der Waals surface area contributed by atoms with Crippen LogP contribution < -0.4 is 5.32 Å². The molecule has 0 aromatic heterocycles. The van der Waals surface area contributed by atoms with Crippen molar-refractivity contribution in [3.8, 4) is 0 Å². The molecule has 0 saturated heterocycles. The van der Waals surface area contributed by atoms with E-state index in [4.69, 9.17) is 9.47 Å². The van der Waals surface area contributed by atoms with Gasteiger partial charge in [0.1, 0.15) is 0 Å². The number of hydrogen-bond acceptors (Lipinski definition) is 6. The van der Waals surface area contributed by atoms with Gasteiger partial charge in [-0.2, -0.15) is 0 Å². The summed E-state index contributed by atoms with van der Waals surface area (Å²) in [5.74, 6) is -1.58. The van der Waals surface area contributed by atoms with Crippen molar-refractivity contribution < 1.29 is 28.7 Å². The molecule has 0 unspecified atom stereocenters. The number of hydrogen-bond donors (Lipinski definition) is 1. The van der Waals surface area contributed by atoms with Crippen molar-refractivity contribution in [3.05, 3.63) is 71.3 Å². The highest BCUT2D eigenvalue weighted by Gasteiger charge is 2.13. The van der Waals surface area contributed by atoms with E-state index < -0.39 is 18.5 Å². The molecular formula is C22H23NO6. The summed E-state index contributed by atoms with van der Waals surface area (Å²) in [5, 5.41) is 2.56. The van der Waals surface area contributed by atoms with Gasteiger partial charge in [-0.1, -0.05) is 42.5 Å². The highest BCUT2D eigenvalue weighted by Crippen LogP contribution is 2.11. The van der Waals surface area contributed by atoms with Crippen molar-refractivity contribution >= 4 is 23.6 Å². The maximum absolute atomic E-state index is 12.3. The van der Waals surface area contributed by atoms with Gasteiger partial charge in [-0.3, -0.25) is 14.4 Å². The number of ketones is 1. The number of benzene rings is 2. The number of amides is 1. The van der Waals surface area contributed by atoms with Crippen molar-refractivity contribution in [2.75, 3.05) is 19.8 Å². The van der Waals surface area contributed by atoms with Gasteiger partial charge in [0.2, 0.25) is 0 Å². The van der Waals surface area contributed by atoms with Crippen LogP contribution in [0.25, 0.3) is 0 Å². The lowest BCUT2D eigenvalue weighted by atomic mass is 10.0. The third kappa shape index (κ3) is 7.21. The molecule has 0 aliphatic heterocycles. The summed E-state index contributed by atoms with van der Waals surface area (Å²) in [5.41, 5.74) is 1.25. The molecule has 2 aromatic rings. The second kappa shape index (κ2) is 11.4. The zero-order valence-corrected chi connectivity index (χ0v) is 16.2. The van der Waals surface area contributed by atoms with Crippen LogP contribution in [0.1, 0.15) is 46.0 Å². The Morgan fingerprint density at radius 3 is 2.10 bits per heavy atom. The lowest BCUT2D eigenvalue weighted by Crippen LogP contribution is -2.30. The second-order valence-electron chi connectivity index (χ2n) is 6.11. The van der Waals surface area contributed by atoms with Crippen LogP contribution in [-0.4, -0.2) is 43.4 Å². The van der Waals surface area contributed by atoms with Crippen LogP contribution in [0.2, 0.25) is 0 Å². The quantitative estimate of drug-likeness (QED) is 0.376. The molecule has 0 radical (unpaired) electrons. The molecule has 7 nitrogen and oxygen atoms in total. The SMILES string of the molecule is CCOC(=O)CCCNC(=O)COC(=O)c1ccc(C(=O)c2ccccc2)cc1. The monoisotopic (exact) mass is 397 g/mol. The Kier molecular flexibility index (Phi) is 8.56. The smallest absolute Gasteiger partial charge is 0.338 e. The van der Waals surface area contributed by atoms with Crippen LogP contribution in [-0.2, 0) is 19.1 Å². The number of esters is 2. The van der Waals surface area contributed by atoms with Crippen LogP contribution >= 0.6 is 0 Å². The first kappa shape index (κ1) is 21.8. The third-order valence-electron chi connectivity index (χ3n) is 3.94. The van der Waals surface area contributed by atoms with E-state index in [9.17, 15) is 19.2 Å². The Hall–Kier alpha value is -3.48. The molecular weight excluding hydrogens is 374 g/mol. The number of rotatable bonds is 10. The average Bonchev–Trinajstić information content (AvgIpc) is 2.75. The van der Waals surface area contributed by atoms with Gasteiger partial charge in [-0.15, -0.1) is 0 Å². The summed E-state index contributed by atoms with van der Waals surface area (Å²) < 4.78 is 9.75. The Bertz CT molecular complexity index is 845. The highest BCUT2D eigenvalue weighted by atomic mass is 16.5. The van der Waals surface area contributed by atoms with Crippen LogP contribution in [0.3, 0.4) is 0 Å². The average molecular weight is 397 g/mol. The molecule has 0 saturated carbocycles. The summed E-state index contributed by atoms with van der Waals surface area (Å²) in [6.45, 7) is 1.90. The third-order valence-corrected chi connectivity index (χ3v) is 3.94. The van der Waals surface area contributed by atoms with Crippen molar-refractivity contribution in [3.63, 3.8) is 0 Å². The number of carbonyl (C=O) groups is 4. The van der Waals surface area contributed by atoms with E-state index in [-0.39, 0.29) is 30.3 Å². The van der Waals surface area contributed by atoms with Gasteiger partial charge in [0.25, 0.3) is 5.91 Å². The lowest BCUT2D eigenvalue weighted by Gasteiger charge is -2.07. The van der Waals surface area contributed by atoms with Crippen LogP contribution in [0.15, 0.2) is 54.6 Å². The van der Waals surface area contributed by atoms with Crippen molar-refractivity contribution in [1.29, 1.82) is 0 Å². The fourth-order valence-electron chi connectivity index (χ4n) is 2.47. The van der Waals surface area contributed by atoms with Gasteiger partial charge in [0, 0.05) is 24.1 Å². The zero-order chi connectivity index (χ0) is 21.1. The molecule has 1 amide bonds. The number of carbonyl (C=O) groups excluding carboxylic acids is 4. The molecule has 29 heavy (non-hydrogen) atoms. The maximum atomic E-state index is 12.3. The fraction of sp³-hybridized carbons (Fsp3) is 0.273. The Balaban J connectivity index is 1.75. The van der Waals surface area contributed by atoms with E-state index in [0.29, 0.717) is 24.2 Å². The van der Waals surface area contributed by atoms with Crippen LogP contribution in [0, 0.1) is 0 Å². The van der Waals surface area contributed by atoms with Gasteiger partial charge in [-0.25, -0.2) is 4.79 Å². The van der Waals surface area contributed by atoms with Crippen molar-refractivity contribution in [1.82, 2.24) is 5.32 Å². The van der Waals surface area contributed by atoms with Gasteiger partial charge in [0.05, 0.1) is 12.2 Å². The first-order valence-electron chi connectivity index (χ1n) is 9.30. The summed E-state index contributed by atoms with van der Waals surface area (Å²) in [4.78, 5) is 47.3. The van der Waals surface area contributed by atoms with Crippen molar-refractivity contribution in [2.45, 2.75) is 19.8 Å². The minimum Gasteiger partial charge on any atom is -0.466 e. The van der Waals surface area contributed by atoms with E-state index in [1.807, 2.05) is 6.07 Å². The Morgan fingerprint density at radius 2 is 1.45 bits per heavy atom. The van der Waals surface area contributed by atoms with E-state index >= 15 is 0 Å². The molecule has 0 aliphatic carbocycles. The molecule has 1 N–H and O–H groups in total. The first-order chi connectivity index (χ1) is 14.0. The standard InChI is InChI=1S/C22H23NO6/c1-2-28-20(25)9-6-14-23-19(24)15-29-22(27)18-12-10-17(11-13-18)21(26)16-7-4-3-5-8-16/h3-5,7-8,10-13H,2,6,9,14-15H2,1H3,(H,23,24). The molecule has 0 spiro atoms. The predicted octanol–water partition coefficient (Wildman–Crippen LogP) is 2.53. The molecule has 0 bridgehead atoms. The van der Waals surface area contributed by atoms with Crippen molar-refractivity contribution in [2.24, 2.45) is 0 Å². The van der Waals surface area contributed by atoms with Gasteiger partial charge < -0.3 is 14.8 Å². The maximum Gasteiger partial charge on any atom is 0.338 e. The predicted molar refractivity (Wildman–Crippen MR) is 105 cm³/mol. The minimum atomic E-state index is -0.662. The summed E-state index contributed by atoms with van der Waals surface area (Å²) in [7, 11) is 0. The molecule has 0 atom stereocenters. The van der Waals surface area contributed by atoms with E-state index in [1.165, 1.54) is 12.1 Å². The summed E-state index contributed by atoms with van der Waals surface area (Å²) in [6, 6.07) is 14.9. The Labute approximate surface area is 169 Å². The summed E-state index contributed by atoms with van der Waals surface area (Å²) >= 11 is 0.